The normalized spacial score (nSPS) is 18.6. The molecule has 4 heteroatoms. The van der Waals surface area contributed by atoms with E-state index in [-0.39, 0.29) is 5.97 Å². The molecule has 0 aromatic carbocycles. The van der Waals surface area contributed by atoms with Crippen molar-refractivity contribution in [3.8, 4) is 0 Å². The molecule has 1 rings (SSSR count). The molecule has 100 valence electrons. The molecule has 1 aliphatic rings. The first-order valence-electron chi connectivity index (χ1n) is 6.61. The zero-order valence-corrected chi connectivity index (χ0v) is 11.4. The van der Waals surface area contributed by atoms with Crippen LogP contribution in [0.2, 0.25) is 0 Å². The van der Waals surface area contributed by atoms with Crippen molar-refractivity contribution < 1.29 is 9.53 Å². The van der Waals surface area contributed by atoms with Crippen molar-refractivity contribution in [2.75, 3.05) is 39.8 Å². The third kappa shape index (κ3) is 6.03. The first kappa shape index (κ1) is 14.5. The van der Waals surface area contributed by atoms with E-state index in [0.29, 0.717) is 6.54 Å². The van der Waals surface area contributed by atoms with Gasteiger partial charge in [-0.25, -0.2) is 0 Å². The van der Waals surface area contributed by atoms with E-state index < -0.39 is 0 Å². The van der Waals surface area contributed by atoms with Gasteiger partial charge in [0.1, 0.15) is 0 Å². The zero-order valence-electron chi connectivity index (χ0n) is 11.4. The number of ether oxygens (including phenoxy) is 1. The van der Waals surface area contributed by atoms with Crippen molar-refractivity contribution in [3.05, 3.63) is 0 Å². The average Bonchev–Trinajstić information content (AvgIpc) is 2.31. The van der Waals surface area contributed by atoms with Crippen molar-refractivity contribution >= 4 is 5.97 Å². The summed E-state index contributed by atoms with van der Waals surface area (Å²) in [7, 11) is 1.45. The number of hydrogen-bond donors (Lipinski definition) is 1. The Hall–Kier alpha value is -0.610. The lowest BCUT2D eigenvalue weighted by Crippen LogP contribution is -2.40. The zero-order chi connectivity index (χ0) is 12.7. The number of carbonyl (C=O) groups is 1. The molecule has 0 radical (unpaired) electrons. The summed E-state index contributed by atoms with van der Waals surface area (Å²) in [6.07, 6.45) is 2.37. The largest absolute Gasteiger partial charge is 0.468 e. The van der Waals surface area contributed by atoms with Crippen LogP contribution in [0.4, 0.5) is 0 Å². The third-order valence-corrected chi connectivity index (χ3v) is 3.27. The molecule has 1 aliphatic heterocycles. The number of likely N-dealkylation sites (tertiary alicyclic amines) is 1. The molecule has 0 amide bonds. The second-order valence-electron chi connectivity index (χ2n) is 5.35. The lowest BCUT2D eigenvalue weighted by Gasteiger charge is -2.31. The molecular formula is C13H26N2O2. The van der Waals surface area contributed by atoms with E-state index in [9.17, 15) is 4.79 Å². The van der Waals surface area contributed by atoms with Gasteiger partial charge in [0.05, 0.1) is 13.7 Å². The topological polar surface area (TPSA) is 41.6 Å². The predicted octanol–water partition coefficient (Wildman–Crippen LogP) is 1.12. The number of piperidine rings is 1. The van der Waals surface area contributed by atoms with Crippen LogP contribution < -0.4 is 5.32 Å². The number of rotatable bonds is 6. The summed E-state index contributed by atoms with van der Waals surface area (Å²) in [4.78, 5) is 13.3. The molecule has 1 N–H and O–H groups in total. The van der Waals surface area contributed by atoms with Gasteiger partial charge >= 0.3 is 5.97 Å². The maximum atomic E-state index is 11.1. The van der Waals surface area contributed by atoms with Gasteiger partial charge < -0.3 is 10.1 Å². The highest BCUT2D eigenvalue weighted by molar-refractivity contribution is 5.71. The fourth-order valence-corrected chi connectivity index (χ4v) is 2.17. The SMILES string of the molecule is COC(=O)CN1CCC(CNCC(C)C)CC1. The standard InChI is InChI=1S/C13H26N2O2/c1-11(2)8-14-9-12-4-6-15(7-5-12)10-13(16)17-3/h11-12,14H,4-10H2,1-3H3. The van der Waals surface area contributed by atoms with Crippen LogP contribution in [-0.2, 0) is 9.53 Å². The fourth-order valence-electron chi connectivity index (χ4n) is 2.17. The van der Waals surface area contributed by atoms with Gasteiger partial charge in [-0.2, -0.15) is 0 Å². The van der Waals surface area contributed by atoms with E-state index >= 15 is 0 Å². The molecule has 0 aliphatic carbocycles. The van der Waals surface area contributed by atoms with Crippen LogP contribution in [0, 0.1) is 11.8 Å². The van der Waals surface area contributed by atoms with Crippen molar-refractivity contribution in [1.29, 1.82) is 0 Å². The molecule has 0 aromatic heterocycles. The van der Waals surface area contributed by atoms with Gasteiger partial charge in [-0.1, -0.05) is 13.8 Å². The van der Waals surface area contributed by atoms with E-state index in [1.807, 2.05) is 0 Å². The Morgan fingerprint density at radius 1 is 1.41 bits per heavy atom. The number of hydrogen-bond acceptors (Lipinski definition) is 4. The molecule has 1 heterocycles. The maximum absolute atomic E-state index is 11.1. The van der Waals surface area contributed by atoms with E-state index in [4.69, 9.17) is 0 Å². The molecule has 17 heavy (non-hydrogen) atoms. The minimum Gasteiger partial charge on any atom is -0.468 e. The van der Waals surface area contributed by atoms with Crippen molar-refractivity contribution in [2.24, 2.45) is 11.8 Å². The lowest BCUT2D eigenvalue weighted by molar-refractivity contribution is -0.142. The van der Waals surface area contributed by atoms with Crippen molar-refractivity contribution in [3.63, 3.8) is 0 Å². The fraction of sp³-hybridized carbons (Fsp3) is 0.923. The Balaban J connectivity index is 2.11. The van der Waals surface area contributed by atoms with Crippen LogP contribution >= 0.6 is 0 Å². The second-order valence-corrected chi connectivity index (χ2v) is 5.35. The summed E-state index contributed by atoms with van der Waals surface area (Å²) < 4.78 is 4.68. The van der Waals surface area contributed by atoms with E-state index in [2.05, 4.69) is 28.8 Å². The highest BCUT2D eigenvalue weighted by Gasteiger charge is 2.20. The third-order valence-electron chi connectivity index (χ3n) is 3.27. The molecule has 0 unspecified atom stereocenters. The molecule has 4 nitrogen and oxygen atoms in total. The first-order chi connectivity index (χ1) is 8.11. The summed E-state index contributed by atoms with van der Waals surface area (Å²) in [5, 5.41) is 3.51. The summed E-state index contributed by atoms with van der Waals surface area (Å²) in [6.45, 7) is 9.15. The molecule has 0 atom stereocenters. The highest BCUT2D eigenvalue weighted by atomic mass is 16.5. The van der Waals surface area contributed by atoms with Gasteiger partial charge in [0.2, 0.25) is 0 Å². The number of methoxy groups -OCH3 is 1. The summed E-state index contributed by atoms with van der Waals surface area (Å²) in [5.74, 6) is 1.36. The van der Waals surface area contributed by atoms with Crippen molar-refractivity contribution in [1.82, 2.24) is 10.2 Å². The van der Waals surface area contributed by atoms with E-state index in [1.165, 1.54) is 20.0 Å². The van der Waals surface area contributed by atoms with Crippen LogP contribution in [0.1, 0.15) is 26.7 Å². The van der Waals surface area contributed by atoms with E-state index in [1.54, 1.807) is 0 Å². The Morgan fingerprint density at radius 2 is 2.06 bits per heavy atom. The Bertz CT molecular complexity index is 223. The van der Waals surface area contributed by atoms with Gasteiger partial charge in [0.25, 0.3) is 0 Å². The minimum absolute atomic E-state index is 0.124. The van der Waals surface area contributed by atoms with Gasteiger partial charge in [-0.15, -0.1) is 0 Å². The second kappa shape index (κ2) is 7.67. The van der Waals surface area contributed by atoms with Crippen molar-refractivity contribution in [2.45, 2.75) is 26.7 Å². The molecule has 1 saturated heterocycles. The van der Waals surface area contributed by atoms with Gasteiger partial charge in [-0.05, 0) is 50.9 Å². The first-order valence-corrected chi connectivity index (χ1v) is 6.61. The van der Waals surface area contributed by atoms with Gasteiger partial charge in [0, 0.05) is 0 Å². The number of nitrogens with one attached hydrogen (secondary N) is 1. The van der Waals surface area contributed by atoms with Crippen LogP contribution in [0.25, 0.3) is 0 Å². The lowest BCUT2D eigenvalue weighted by atomic mass is 9.96. The molecule has 0 aromatic rings. The quantitative estimate of drug-likeness (QED) is 0.709. The molecular weight excluding hydrogens is 216 g/mol. The van der Waals surface area contributed by atoms with E-state index in [0.717, 1.165) is 38.0 Å². The van der Waals surface area contributed by atoms with Gasteiger partial charge in [0.15, 0.2) is 0 Å². The Kier molecular flexibility index (Phi) is 6.52. The Labute approximate surface area is 105 Å². The van der Waals surface area contributed by atoms with Gasteiger partial charge in [-0.3, -0.25) is 9.69 Å². The summed E-state index contributed by atoms with van der Waals surface area (Å²) in [5.41, 5.74) is 0. The molecule has 0 bridgehead atoms. The van der Waals surface area contributed by atoms with Crippen LogP contribution in [0.3, 0.4) is 0 Å². The van der Waals surface area contributed by atoms with Crippen LogP contribution in [0.15, 0.2) is 0 Å². The maximum Gasteiger partial charge on any atom is 0.319 e. The monoisotopic (exact) mass is 242 g/mol. The van der Waals surface area contributed by atoms with Crippen LogP contribution in [0.5, 0.6) is 0 Å². The summed E-state index contributed by atoms with van der Waals surface area (Å²) >= 11 is 0. The van der Waals surface area contributed by atoms with Crippen LogP contribution in [-0.4, -0.2) is 50.7 Å². The number of nitrogens with zero attached hydrogens (tertiary/aromatic N) is 1. The smallest absolute Gasteiger partial charge is 0.319 e. The number of carbonyl (C=O) groups excluding carboxylic acids is 1. The highest BCUT2D eigenvalue weighted by Crippen LogP contribution is 2.16. The number of esters is 1. The molecule has 0 spiro atoms. The summed E-state index contributed by atoms with van der Waals surface area (Å²) in [6, 6.07) is 0. The average molecular weight is 242 g/mol. The predicted molar refractivity (Wildman–Crippen MR) is 68.9 cm³/mol. The minimum atomic E-state index is -0.124. The Morgan fingerprint density at radius 3 is 2.59 bits per heavy atom. The molecule has 0 saturated carbocycles. The molecule has 1 fully saturated rings.